The van der Waals surface area contributed by atoms with Crippen LogP contribution in [-0.4, -0.2) is 21.0 Å². The number of carbonyl (C=O) groups is 1. The highest BCUT2D eigenvalue weighted by molar-refractivity contribution is 5.66. The van der Waals surface area contributed by atoms with E-state index in [0.29, 0.717) is 12.1 Å². The molecule has 0 unspecified atom stereocenters. The second-order valence-corrected chi connectivity index (χ2v) is 2.67. The number of rotatable bonds is 4. The van der Waals surface area contributed by atoms with Gasteiger partial charge in [0.15, 0.2) is 0 Å². The molecule has 0 radical (unpaired) electrons. The number of aromatic nitrogens is 2. The second-order valence-electron chi connectivity index (χ2n) is 2.67. The van der Waals surface area contributed by atoms with E-state index in [4.69, 9.17) is 10.8 Å². The fraction of sp³-hybridized carbons (Fsp3) is 0.375. The van der Waals surface area contributed by atoms with Crippen LogP contribution in [0.15, 0.2) is 18.6 Å². The molecule has 1 rings (SSSR count). The zero-order valence-corrected chi connectivity index (χ0v) is 7.05. The lowest BCUT2D eigenvalue weighted by molar-refractivity contribution is -0.137. The SMILES string of the molecule is N[C@@H](CCC(=O)O)c1cnccn1. The van der Waals surface area contributed by atoms with Crippen LogP contribution in [0.1, 0.15) is 24.6 Å². The summed E-state index contributed by atoms with van der Waals surface area (Å²) in [7, 11) is 0. The Morgan fingerprint density at radius 2 is 2.38 bits per heavy atom. The molecule has 0 aliphatic heterocycles. The van der Waals surface area contributed by atoms with Gasteiger partial charge in [0.05, 0.1) is 5.69 Å². The van der Waals surface area contributed by atoms with Crippen LogP contribution in [0.3, 0.4) is 0 Å². The summed E-state index contributed by atoms with van der Waals surface area (Å²) in [5, 5.41) is 8.42. The molecule has 1 aromatic rings. The smallest absolute Gasteiger partial charge is 0.303 e. The molecule has 0 bridgehead atoms. The van der Waals surface area contributed by atoms with Crippen molar-refractivity contribution in [2.24, 2.45) is 5.73 Å². The van der Waals surface area contributed by atoms with Crippen LogP contribution in [-0.2, 0) is 4.79 Å². The van der Waals surface area contributed by atoms with Crippen LogP contribution in [0.5, 0.6) is 0 Å². The summed E-state index contributed by atoms with van der Waals surface area (Å²) in [5.41, 5.74) is 6.31. The van der Waals surface area contributed by atoms with Gasteiger partial charge in [0, 0.05) is 31.1 Å². The number of carboxylic acid groups (broad SMARTS) is 1. The highest BCUT2D eigenvalue weighted by Crippen LogP contribution is 2.10. The van der Waals surface area contributed by atoms with Gasteiger partial charge in [0.25, 0.3) is 0 Å². The third-order valence-corrected chi connectivity index (χ3v) is 1.63. The number of hydrogen-bond acceptors (Lipinski definition) is 4. The molecule has 3 N–H and O–H groups in total. The van der Waals surface area contributed by atoms with Gasteiger partial charge in [-0.2, -0.15) is 0 Å². The molecule has 0 aromatic carbocycles. The molecular formula is C8H11N3O2. The zero-order valence-electron chi connectivity index (χ0n) is 7.05. The Balaban J connectivity index is 2.49. The third kappa shape index (κ3) is 3.16. The van der Waals surface area contributed by atoms with Crippen molar-refractivity contribution < 1.29 is 9.90 Å². The van der Waals surface area contributed by atoms with Crippen molar-refractivity contribution in [3.63, 3.8) is 0 Å². The van der Waals surface area contributed by atoms with E-state index in [0.717, 1.165) is 0 Å². The minimum atomic E-state index is -0.848. The summed E-state index contributed by atoms with van der Waals surface area (Å²) >= 11 is 0. The minimum Gasteiger partial charge on any atom is -0.481 e. The van der Waals surface area contributed by atoms with Crippen molar-refractivity contribution in [2.75, 3.05) is 0 Å². The monoisotopic (exact) mass is 181 g/mol. The first-order valence-corrected chi connectivity index (χ1v) is 3.93. The van der Waals surface area contributed by atoms with Crippen LogP contribution >= 0.6 is 0 Å². The number of hydrogen-bond donors (Lipinski definition) is 2. The van der Waals surface area contributed by atoms with E-state index in [-0.39, 0.29) is 12.5 Å². The Bertz CT molecular complexity index is 276. The Hall–Kier alpha value is -1.49. The molecule has 0 amide bonds. The molecule has 0 aliphatic rings. The van der Waals surface area contributed by atoms with Crippen LogP contribution < -0.4 is 5.73 Å². The van der Waals surface area contributed by atoms with E-state index < -0.39 is 5.97 Å². The fourth-order valence-electron chi connectivity index (χ4n) is 0.929. The van der Waals surface area contributed by atoms with Crippen LogP contribution in [0.4, 0.5) is 0 Å². The summed E-state index contributed by atoms with van der Waals surface area (Å²) < 4.78 is 0. The molecule has 0 spiro atoms. The van der Waals surface area contributed by atoms with Gasteiger partial charge in [-0.05, 0) is 6.42 Å². The van der Waals surface area contributed by atoms with Gasteiger partial charge in [0.1, 0.15) is 0 Å². The van der Waals surface area contributed by atoms with Crippen LogP contribution in [0.2, 0.25) is 0 Å². The molecule has 0 saturated heterocycles. The van der Waals surface area contributed by atoms with E-state index in [1.807, 2.05) is 0 Å². The van der Waals surface area contributed by atoms with Crippen molar-refractivity contribution >= 4 is 5.97 Å². The predicted octanol–water partition coefficient (Wildman–Crippen LogP) is 0.341. The van der Waals surface area contributed by atoms with Gasteiger partial charge in [0.2, 0.25) is 0 Å². The molecule has 13 heavy (non-hydrogen) atoms. The highest BCUT2D eigenvalue weighted by Gasteiger charge is 2.08. The van der Waals surface area contributed by atoms with Crippen LogP contribution in [0, 0.1) is 0 Å². The Labute approximate surface area is 75.6 Å². The molecule has 0 fully saturated rings. The van der Waals surface area contributed by atoms with E-state index in [1.165, 1.54) is 6.20 Å². The lowest BCUT2D eigenvalue weighted by atomic mass is 10.1. The van der Waals surface area contributed by atoms with E-state index in [9.17, 15) is 4.79 Å². The average molecular weight is 181 g/mol. The quantitative estimate of drug-likeness (QED) is 0.699. The first kappa shape index (κ1) is 9.60. The van der Waals surface area contributed by atoms with Crippen molar-refractivity contribution in [3.8, 4) is 0 Å². The van der Waals surface area contributed by atoms with E-state index >= 15 is 0 Å². The van der Waals surface area contributed by atoms with Crippen molar-refractivity contribution in [1.29, 1.82) is 0 Å². The number of nitrogens with two attached hydrogens (primary N) is 1. The highest BCUT2D eigenvalue weighted by atomic mass is 16.4. The topological polar surface area (TPSA) is 89.1 Å². The van der Waals surface area contributed by atoms with E-state index in [2.05, 4.69) is 9.97 Å². The molecule has 1 heterocycles. The number of nitrogens with zero attached hydrogens (tertiary/aromatic N) is 2. The van der Waals surface area contributed by atoms with Gasteiger partial charge in [-0.15, -0.1) is 0 Å². The minimum absolute atomic E-state index is 0.0533. The number of aliphatic carboxylic acids is 1. The summed E-state index contributed by atoms with van der Waals surface area (Å²) in [5.74, 6) is -0.848. The largest absolute Gasteiger partial charge is 0.481 e. The predicted molar refractivity (Wildman–Crippen MR) is 45.8 cm³/mol. The van der Waals surface area contributed by atoms with Crippen molar-refractivity contribution in [2.45, 2.75) is 18.9 Å². The van der Waals surface area contributed by atoms with Crippen molar-refractivity contribution in [1.82, 2.24) is 9.97 Å². The normalized spacial score (nSPS) is 12.4. The lowest BCUT2D eigenvalue weighted by Crippen LogP contribution is -2.13. The summed E-state index contributed by atoms with van der Waals surface area (Å²) in [6, 6.07) is -0.343. The van der Waals surface area contributed by atoms with Gasteiger partial charge < -0.3 is 10.8 Å². The van der Waals surface area contributed by atoms with Gasteiger partial charge >= 0.3 is 5.97 Å². The summed E-state index contributed by atoms with van der Waals surface area (Å²) in [4.78, 5) is 18.1. The molecular weight excluding hydrogens is 170 g/mol. The molecule has 1 atom stereocenters. The first-order chi connectivity index (χ1) is 6.20. The molecule has 70 valence electrons. The summed E-state index contributed by atoms with van der Waals surface area (Å²) in [6.07, 6.45) is 5.07. The molecule has 0 saturated carbocycles. The lowest BCUT2D eigenvalue weighted by Gasteiger charge is -2.07. The Kier molecular flexibility index (Phi) is 3.33. The van der Waals surface area contributed by atoms with E-state index in [1.54, 1.807) is 12.4 Å². The molecule has 0 aliphatic carbocycles. The maximum atomic E-state index is 10.2. The van der Waals surface area contributed by atoms with Gasteiger partial charge in [-0.1, -0.05) is 0 Å². The Morgan fingerprint density at radius 1 is 1.62 bits per heavy atom. The number of carboxylic acids is 1. The third-order valence-electron chi connectivity index (χ3n) is 1.63. The maximum Gasteiger partial charge on any atom is 0.303 e. The van der Waals surface area contributed by atoms with Gasteiger partial charge in [-0.25, -0.2) is 0 Å². The van der Waals surface area contributed by atoms with Crippen molar-refractivity contribution in [3.05, 3.63) is 24.3 Å². The van der Waals surface area contributed by atoms with Gasteiger partial charge in [-0.3, -0.25) is 14.8 Å². The first-order valence-electron chi connectivity index (χ1n) is 3.93. The fourth-order valence-corrected chi connectivity index (χ4v) is 0.929. The molecule has 5 nitrogen and oxygen atoms in total. The van der Waals surface area contributed by atoms with Crippen LogP contribution in [0.25, 0.3) is 0 Å². The average Bonchev–Trinajstić information content (AvgIpc) is 2.15. The molecule has 1 aromatic heterocycles. The zero-order chi connectivity index (χ0) is 9.68. The maximum absolute atomic E-state index is 10.2. The standard InChI is InChI=1S/C8H11N3O2/c9-6(1-2-8(12)13)7-5-10-3-4-11-7/h3-6H,1-2,9H2,(H,12,13)/t6-/m0/s1. The Morgan fingerprint density at radius 3 is 2.92 bits per heavy atom. The molecule has 5 heteroatoms. The summed E-state index contributed by atoms with van der Waals surface area (Å²) in [6.45, 7) is 0. The second kappa shape index (κ2) is 4.51.